The normalized spacial score (nSPS) is 17.5. The number of carbonyl (C=O) groups excluding carboxylic acids is 9. The number of carboxylic acid groups (broad SMARTS) is 1. The minimum absolute atomic E-state index is 0.0731. The topological polar surface area (TPSA) is 447 Å². The van der Waals surface area contributed by atoms with Crippen molar-refractivity contribution in [2.45, 2.75) is 154 Å². The molecule has 1 aliphatic heterocycles. The van der Waals surface area contributed by atoms with Gasteiger partial charge in [-0.3, -0.25) is 48.1 Å². The van der Waals surface area contributed by atoms with E-state index in [9.17, 15) is 63.3 Å². The van der Waals surface area contributed by atoms with E-state index in [0.29, 0.717) is 51.5 Å². The van der Waals surface area contributed by atoms with E-state index in [-0.39, 0.29) is 31.9 Å². The fraction of sp³-hybridized carbons (Fsp3) is 0.744. The third-order valence-electron chi connectivity index (χ3n) is 11.8. The number of likely N-dealkylation sites (tertiary alicyclic amines) is 1. The second-order valence-electron chi connectivity index (χ2n) is 17.4. The summed E-state index contributed by atoms with van der Waals surface area (Å²) in [6.07, 6.45) is 1.76. The van der Waals surface area contributed by atoms with Crippen LogP contribution < -0.4 is 65.5 Å². The molecule has 0 spiro atoms. The SMILES string of the molecule is CC[C@H](C)[C@H](NC(=O)[C@@H](NC(=O)[C@@H](NC(=O)[C@H](CO)NC(=O)CNC(=O)[C@H](CCCCN)NC(=O)CNC(=O)[C@H](C)NC(=O)[C@@H]1CCCN1C(=O)[C@@H](N)CCCN=C(N)N)[C@@H](C)CC)[C@@H](C)O)C(=O)O. The van der Waals surface area contributed by atoms with E-state index >= 15 is 0 Å². The number of aliphatic imine (C=N–C) groups is 1. The second kappa shape index (κ2) is 31.8. The van der Waals surface area contributed by atoms with Gasteiger partial charge in [-0.25, -0.2) is 4.79 Å². The highest BCUT2D eigenvalue weighted by atomic mass is 16.4. The first-order chi connectivity index (χ1) is 32.9. The summed E-state index contributed by atoms with van der Waals surface area (Å²) in [6, 6.07) is -10.1. The number of unbranched alkanes of at least 4 members (excludes halogenated alkanes) is 1. The number of aliphatic hydroxyl groups is 2. The van der Waals surface area contributed by atoms with Gasteiger partial charge in [0.2, 0.25) is 53.2 Å². The molecule has 70 heavy (non-hydrogen) atoms. The van der Waals surface area contributed by atoms with E-state index in [2.05, 4.69) is 47.5 Å². The van der Waals surface area contributed by atoms with E-state index in [1.54, 1.807) is 27.7 Å². The van der Waals surface area contributed by atoms with Crippen LogP contribution in [-0.4, -0.2) is 179 Å². The second-order valence-corrected chi connectivity index (χ2v) is 17.4. The first-order valence-electron chi connectivity index (χ1n) is 23.6. The quantitative estimate of drug-likeness (QED) is 0.0170. The Bertz CT molecular complexity index is 1820. The number of aliphatic carboxylic acids is 1. The molecule has 1 rings (SSSR count). The Balaban J connectivity index is 2.87. The lowest BCUT2D eigenvalue weighted by molar-refractivity contribution is -0.144. The van der Waals surface area contributed by atoms with Crippen LogP contribution in [0.25, 0.3) is 0 Å². The number of hydrogen-bond acceptors (Lipinski definition) is 15. The third-order valence-corrected chi connectivity index (χ3v) is 11.8. The predicted molar refractivity (Wildman–Crippen MR) is 254 cm³/mol. The van der Waals surface area contributed by atoms with Gasteiger partial charge in [0.15, 0.2) is 5.96 Å². The number of nitrogens with two attached hydrogens (primary N) is 4. The molecule has 0 aromatic rings. The van der Waals surface area contributed by atoms with Crippen LogP contribution in [0.2, 0.25) is 0 Å². The molecule has 1 fully saturated rings. The van der Waals surface area contributed by atoms with Gasteiger partial charge in [-0.1, -0.05) is 40.5 Å². The molecule has 0 aromatic carbocycles. The van der Waals surface area contributed by atoms with Crippen LogP contribution >= 0.6 is 0 Å². The van der Waals surface area contributed by atoms with E-state index in [0.717, 1.165) is 0 Å². The monoisotopic (exact) mass is 999 g/mol. The van der Waals surface area contributed by atoms with Crippen LogP contribution in [0.5, 0.6) is 0 Å². The van der Waals surface area contributed by atoms with Gasteiger partial charge >= 0.3 is 5.97 Å². The van der Waals surface area contributed by atoms with Crippen molar-refractivity contribution < 1.29 is 63.3 Å². The molecule has 1 saturated heterocycles. The zero-order valence-corrected chi connectivity index (χ0v) is 41.1. The van der Waals surface area contributed by atoms with Crippen LogP contribution in [0, 0.1) is 11.8 Å². The zero-order chi connectivity index (χ0) is 53.2. The van der Waals surface area contributed by atoms with E-state index < -0.39 is 145 Å². The summed E-state index contributed by atoms with van der Waals surface area (Å²) in [7, 11) is 0. The van der Waals surface area contributed by atoms with Gasteiger partial charge in [0.25, 0.3) is 0 Å². The summed E-state index contributed by atoms with van der Waals surface area (Å²) in [5.41, 5.74) is 22.3. The molecule has 1 heterocycles. The maximum absolute atomic E-state index is 13.5. The average molecular weight is 999 g/mol. The maximum atomic E-state index is 13.5. The number of guanidine groups is 1. The number of nitrogens with zero attached hydrogens (tertiary/aromatic N) is 2. The standard InChI is InChI=1S/C43H78N14O13/c1-7-22(3)32(39(66)56-34(25(6)59)40(67)55-33(42(69)70)23(4)8-2)54-37(64)28(21-58)53-31(61)20-50-36(63)27(14-9-10-16-44)52-30(60)19-49-35(62)24(5)51-38(65)29-15-12-18-57(29)41(68)26(45)13-11-17-48-43(46)47/h22-29,32-34,58-59H,7-21,44-45H2,1-6H3,(H,49,62)(H,50,63)(H,51,65)(H,52,60)(H,53,61)(H,54,64)(H,55,67)(H,56,66)(H,69,70)(H4,46,47,48)/t22-,23-,24-,25+,26-,27-,28-,29-,32-,33-,34-/m0/s1. The molecule has 19 N–H and O–H groups in total. The molecule has 1 aliphatic rings. The Morgan fingerprint density at radius 2 is 1.23 bits per heavy atom. The molecular formula is C43H78N14O13. The first-order valence-corrected chi connectivity index (χ1v) is 23.6. The molecule has 0 radical (unpaired) electrons. The Kier molecular flexibility index (Phi) is 28.1. The smallest absolute Gasteiger partial charge is 0.326 e. The highest BCUT2D eigenvalue weighted by molar-refractivity contribution is 5.97. The maximum Gasteiger partial charge on any atom is 0.326 e. The fourth-order valence-electron chi connectivity index (χ4n) is 7.12. The molecule has 27 heteroatoms. The predicted octanol–water partition coefficient (Wildman–Crippen LogP) is -5.80. The zero-order valence-electron chi connectivity index (χ0n) is 41.1. The molecule has 11 atom stereocenters. The van der Waals surface area contributed by atoms with Crippen molar-refractivity contribution in [1.82, 2.24) is 47.4 Å². The molecule has 9 amide bonds. The Morgan fingerprint density at radius 3 is 1.77 bits per heavy atom. The van der Waals surface area contributed by atoms with E-state index in [1.165, 1.54) is 18.7 Å². The number of hydrogen-bond donors (Lipinski definition) is 15. The van der Waals surface area contributed by atoms with Gasteiger partial charge in [0.05, 0.1) is 31.8 Å². The summed E-state index contributed by atoms with van der Waals surface area (Å²) in [5.74, 6) is -9.72. The van der Waals surface area contributed by atoms with Crippen LogP contribution in [0.3, 0.4) is 0 Å². The Labute approximate surface area is 407 Å². The first kappa shape index (κ1) is 61.8. The highest BCUT2D eigenvalue weighted by Gasteiger charge is 2.38. The largest absolute Gasteiger partial charge is 0.480 e. The van der Waals surface area contributed by atoms with Crippen molar-refractivity contribution in [1.29, 1.82) is 0 Å². The number of amides is 9. The fourth-order valence-corrected chi connectivity index (χ4v) is 7.12. The highest BCUT2D eigenvalue weighted by Crippen LogP contribution is 2.19. The Hall–Kier alpha value is -6.19. The molecule has 0 aromatic heterocycles. The minimum Gasteiger partial charge on any atom is -0.480 e. The molecular weight excluding hydrogens is 921 g/mol. The lowest BCUT2D eigenvalue weighted by Gasteiger charge is -2.29. The lowest BCUT2D eigenvalue weighted by Crippen LogP contribution is -2.62. The summed E-state index contributed by atoms with van der Waals surface area (Å²) >= 11 is 0. The summed E-state index contributed by atoms with van der Waals surface area (Å²) < 4.78 is 0. The summed E-state index contributed by atoms with van der Waals surface area (Å²) in [6.45, 7) is 7.78. The number of carbonyl (C=O) groups is 10. The van der Waals surface area contributed by atoms with Gasteiger partial charge < -0.3 is 85.7 Å². The molecule has 398 valence electrons. The molecule has 0 aliphatic carbocycles. The van der Waals surface area contributed by atoms with E-state index in [1.807, 2.05) is 0 Å². The lowest BCUT2D eigenvalue weighted by atomic mass is 9.96. The number of aliphatic hydroxyl groups excluding tert-OH is 2. The van der Waals surface area contributed by atoms with Gasteiger partial charge in [0.1, 0.15) is 42.3 Å². The number of nitrogens with one attached hydrogen (secondary N) is 8. The molecule has 0 saturated carbocycles. The van der Waals surface area contributed by atoms with Crippen molar-refractivity contribution in [2.75, 3.05) is 39.3 Å². The van der Waals surface area contributed by atoms with Gasteiger partial charge in [-0.15, -0.1) is 0 Å². The van der Waals surface area contributed by atoms with Crippen LogP contribution in [0.15, 0.2) is 4.99 Å². The molecule has 27 nitrogen and oxygen atoms in total. The third kappa shape index (κ3) is 21.2. The minimum atomic E-state index is -1.64. The van der Waals surface area contributed by atoms with E-state index in [4.69, 9.17) is 22.9 Å². The average Bonchev–Trinajstić information content (AvgIpc) is 3.82. The molecule has 0 unspecified atom stereocenters. The van der Waals surface area contributed by atoms with Crippen molar-refractivity contribution in [3.8, 4) is 0 Å². The van der Waals surface area contributed by atoms with Crippen molar-refractivity contribution in [2.24, 2.45) is 39.8 Å². The van der Waals surface area contributed by atoms with Crippen molar-refractivity contribution in [3.05, 3.63) is 0 Å². The van der Waals surface area contributed by atoms with Crippen molar-refractivity contribution in [3.63, 3.8) is 0 Å². The number of carboxylic acids is 1. The van der Waals surface area contributed by atoms with Gasteiger partial charge in [-0.2, -0.15) is 0 Å². The summed E-state index contributed by atoms with van der Waals surface area (Å²) in [4.78, 5) is 135. The van der Waals surface area contributed by atoms with Gasteiger partial charge in [0, 0.05) is 13.1 Å². The molecule has 0 bridgehead atoms. The summed E-state index contributed by atoms with van der Waals surface area (Å²) in [5, 5.41) is 49.2. The van der Waals surface area contributed by atoms with Gasteiger partial charge in [-0.05, 0) is 77.2 Å². The van der Waals surface area contributed by atoms with Crippen molar-refractivity contribution >= 4 is 65.1 Å². The van der Waals surface area contributed by atoms with Crippen LogP contribution in [0.1, 0.15) is 99.3 Å². The Morgan fingerprint density at radius 1 is 0.686 bits per heavy atom. The van der Waals surface area contributed by atoms with Crippen LogP contribution in [0.4, 0.5) is 0 Å². The van der Waals surface area contributed by atoms with Crippen LogP contribution in [-0.2, 0) is 47.9 Å². The number of rotatable bonds is 32.